The van der Waals surface area contributed by atoms with Crippen LogP contribution in [-0.2, 0) is 20.9 Å². The number of carbonyl (C=O) groups is 3. The van der Waals surface area contributed by atoms with Crippen molar-refractivity contribution in [3.05, 3.63) is 61.2 Å². The van der Waals surface area contributed by atoms with Crippen LogP contribution in [0.25, 0.3) is 0 Å². The zero-order valence-corrected chi connectivity index (χ0v) is 28.6. The lowest BCUT2D eigenvalue weighted by Gasteiger charge is -2.43. The largest absolute Gasteiger partial charge is 0.394 e. The van der Waals surface area contributed by atoms with Gasteiger partial charge in [0.15, 0.2) is 0 Å². The Hall–Kier alpha value is -2.10. The molecule has 2 bridgehead atoms. The lowest BCUT2D eigenvalue weighted by atomic mass is 9.70. The van der Waals surface area contributed by atoms with Crippen molar-refractivity contribution >= 4 is 45.4 Å². The molecule has 1 saturated carbocycles. The molecule has 0 radical (unpaired) electrons. The molecular weight excluding hydrogens is 638 g/mol. The summed E-state index contributed by atoms with van der Waals surface area (Å²) in [4.78, 5) is 49.8. The van der Waals surface area contributed by atoms with Gasteiger partial charge in [-0.05, 0) is 37.2 Å². The van der Waals surface area contributed by atoms with Crippen molar-refractivity contribution in [2.24, 2.45) is 17.8 Å². The molecule has 9 heteroatoms. The topological polar surface area (TPSA) is 81.2 Å². The van der Waals surface area contributed by atoms with Gasteiger partial charge in [0.2, 0.25) is 17.7 Å². The van der Waals surface area contributed by atoms with Crippen LogP contribution in [0.15, 0.2) is 55.6 Å². The highest BCUT2D eigenvalue weighted by Crippen LogP contribution is 2.68. The van der Waals surface area contributed by atoms with Gasteiger partial charge >= 0.3 is 0 Å². The Morgan fingerprint density at radius 2 is 1.80 bits per heavy atom. The average Bonchev–Trinajstić information content (AvgIpc) is 3.62. The molecule has 44 heavy (non-hydrogen) atoms. The highest BCUT2D eigenvalue weighted by Gasteiger charge is 2.76. The zero-order valence-electron chi connectivity index (χ0n) is 26.2. The quantitative estimate of drug-likeness (QED) is 0.222. The SMILES string of the molecule is C=CCN(Cc1ccccc1)C(=O)[C@H]1[C@H]2C(=O)N([C@@H](CO)CC(C)C)C(C(=O)N(CC=C)C3CCCCC3)C23CC(Br)[C@@H]1S3. The Kier molecular flexibility index (Phi) is 10.7. The number of nitrogens with zero attached hydrogens (tertiary/aromatic N) is 3. The van der Waals surface area contributed by atoms with Crippen molar-refractivity contribution in [3.8, 4) is 0 Å². The average molecular weight is 687 g/mol. The number of likely N-dealkylation sites (tertiary alicyclic amines) is 1. The van der Waals surface area contributed by atoms with Gasteiger partial charge in [-0.25, -0.2) is 0 Å². The Morgan fingerprint density at radius 1 is 1.11 bits per heavy atom. The third-order valence-corrected chi connectivity index (χ3v) is 13.3. The Morgan fingerprint density at radius 3 is 2.41 bits per heavy atom. The second-order valence-electron chi connectivity index (χ2n) is 13.4. The molecule has 7 nitrogen and oxygen atoms in total. The van der Waals surface area contributed by atoms with Crippen molar-refractivity contribution in [2.75, 3.05) is 19.7 Å². The molecule has 3 unspecified atom stereocenters. The van der Waals surface area contributed by atoms with E-state index in [1.54, 1.807) is 33.7 Å². The molecule has 1 aromatic rings. The maximum atomic E-state index is 14.9. The van der Waals surface area contributed by atoms with Gasteiger partial charge in [0, 0.05) is 35.8 Å². The van der Waals surface area contributed by atoms with E-state index >= 15 is 0 Å². The van der Waals surface area contributed by atoms with Crippen LogP contribution in [0.1, 0.15) is 64.4 Å². The van der Waals surface area contributed by atoms with Crippen molar-refractivity contribution in [2.45, 2.75) is 98.3 Å². The minimum Gasteiger partial charge on any atom is -0.394 e. The number of fused-ring (bicyclic) bond motifs is 1. The highest BCUT2D eigenvalue weighted by atomic mass is 79.9. The summed E-state index contributed by atoms with van der Waals surface area (Å²) in [7, 11) is 0. The van der Waals surface area contributed by atoms with Gasteiger partial charge in [-0.2, -0.15) is 0 Å². The highest BCUT2D eigenvalue weighted by molar-refractivity contribution is 9.09. The first-order valence-electron chi connectivity index (χ1n) is 16.3. The van der Waals surface area contributed by atoms with E-state index in [0.717, 1.165) is 31.2 Å². The van der Waals surface area contributed by atoms with E-state index in [1.807, 2.05) is 35.2 Å². The minimum absolute atomic E-state index is 0.0109. The number of alkyl halides is 1. The maximum Gasteiger partial charge on any atom is 0.247 e. The van der Waals surface area contributed by atoms with Crippen LogP contribution in [0.2, 0.25) is 0 Å². The summed E-state index contributed by atoms with van der Waals surface area (Å²) in [6.45, 7) is 13.0. The summed E-state index contributed by atoms with van der Waals surface area (Å²) >= 11 is 5.58. The predicted octanol–water partition coefficient (Wildman–Crippen LogP) is 5.42. The van der Waals surface area contributed by atoms with E-state index in [1.165, 1.54) is 6.42 Å². The number of benzene rings is 1. The summed E-state index contributed by atoms with van der Waals surface area (Å²) < 4.78 is -0.752. The third kappa shape index (κ3) is 6.05. The summed E-state index contributed by atoms with van der Waals surface area (Å²) in [6.07, 6.45) is 9.95. The van der Waals surface area contributed by atoms with E-state index in [-0.39, 0.29) is 46.4 Å². The van der Waals surface area contributed by atoms with Crippen LogP contribution in [0, 0.1) is 17.8 Å². The fourth-order valence-corrected chi connectivity index (χ4v) is 11.9. The van der Waals surface area contributed by atoms with Crippen LogP contribution < -0.4 is 0 Å². The molecule has 240 valence electrons. The smallest absolute Gasteiger partial charge is 0.247 e. The van der Waals surface area contributed by atoms with Gasteiger partial charge < -0.3 is 19.8 Å². The van der Waals surface area contributed by atoms with E-state index in [9.17, 15) is 19.5 Å². The number of hydrogen-bond donors (Lipinski definition) is 1. The Balaban J connectivity index is 1.57. The molecule has 3 saturated heterocycles. The molecule has 1 spiro atoms. The number of halogens is 1. The first-order chi connectivity index (χ1) is 21.2. The van der Waals surface area contributed by atoms with Crippen molar-refractivity contribution in [3.63, 3.8) is 0 Å². The summed E-state index contributed by atoms with van der Waals surface area (Å²) in [5, 5.41) is 10.6. The molecular formula is C35H48BrN3O4S. The van der Waals surface area contributed by atoms with Gasteiger partial charge in [-0.1, -0.05) is 91.5 Å². The lowest BCUT2D eigenvalue weighted by molar-refractivity contribution is -0.148. The van der Waals surface area contributed by atoms with E-state index in [2.05, 4.69) is 42.9 Å². The lowest BCUT2D eigenvalue weighted by Crippen LogP contribution is -2.59. The van der Waals surface area contributed by atoms with Crippen LogP contribution in [0.3, 0.4) is 0 Å². The number of aliphatic hydroxyl groups excluding tert-OH is 1. The second kappa shape index (κ2) is 14.1. The van der Waals surface area contributed by atoms with Crippen LogP contribution >= 0.6 is 27.7 Å². The molecule has 3 heterocycles. The van der Waals surface area contributed by atoms with Crippen molar-refractivity contribution in [1.29, 1.82) is 0 Å². The second-order valence-corrected chi connectivity index (χ2v) is 16.2. The van der Waals surface area contributed by atoms with Gasteiger partial charge in [0.25, 0.3) is 0 Å². The van der Waals surface area contributed by atoms with Crippen LogP contribution in [-0.4, -0.2) is 90.2 Å². The number of aliphatic hydroxyl groups is 1. The molecule has 4 fully saturated rings. The molecule has 5 rings (SSSR count). The maximum absolute atomic E-state index is 14.9. The van der Waals surface area contributed by atoms with Gasteiger partial charge in [0.1, 0.15) is 6.04 Å². The molecule has 1 aromatic carbocycles. The van der Waals surface area contributed by atoms with E-state index in [0.29, 0.717) is 32.5 Å². The van der Waals surface area contributed by atoms with Gasteiger partial charge in [0.05, 0.1) is 29.2 Å². The van der Waals surface area contributed by atoms with E-state index < -0.39 is 28.7 Å². The van der Waals surface area contributed by atoms with Crippen molar-refractivity contribution < 1.29 is 19.5 Å². The summed E-state index contributed by atoms with van der Waals surface area (Å²) in [6, 6.07) is 8.75. The summed E-state index contributed by atoms with van der Waals surface area (Å²) in [5.41, 5.74) is 1.01. The number of hydrogen-bond acceptors (Lipinski definition) is 5. The van der Waals surface area contributed by atoms with E-state index in [4.69, 9.17) is 0 Å². The monoisotopic (exact) mass is 685 g/mol. The molecule has 3 aliphatic heterocycles. The molecule has 0 aromatic heterocycles. The molecule has 7 atom stereocenters. The van der Waals surface area contributed by atoms with Crippen LogP contribution in [0.5, 0.6) is 0 Å². The molecule has 3 amide bonds. The first-order valence-corrected chi connectivity index (χ1v) is 18.1. The zero-order chi connectivity index (χ0) is 31.6. The normalized spacial score (nSPS) is 30.3. The third-order valence-electron chi connectivity index (χ3n) is 10.1. The Bertz CT molecular complexity index is 1220. The fraction of sp³-hybridized carbons (Fsp3) is 0.629. The molecule has 1 N–H and O–H groups in total. The Labute approximate surface area is 275 Å². The fourth-order valence-electron chi connectivity index (χ4n) is 8.35. The standard InChI is InChI=1S/C35H48BrN3O4S/c1-5-17-37(21-24-13-9-7-10-14-24)32(41)28-29-33(42)39(26(22-40)19-23(3)4)31(35(29)20-27(36)30(28)44-35)34(43)38(18-6-2)25-15-11-8-12-16-25/h5-7,9-10,13-14,23,25-31,40H,1-2,8,11-12,15-22H2,3-4H3/t26-,27?,28+,29+,30+,31?,35?/m1/s1. The molecule has 4 aliphatic rings. The van der Waals surface area contributed by atoms with Crippen LogP contribution in [0.4, 0.5) is 0 Å². The number of carbonyl (C=O) groups excluding carboxylic acids is 3. The van der Waals surface area contributed by atoms with Gasteiger partial charge in [-0.3, -0.25) is 14.4 Å². The number of rotatable bonds is 13. The van der Waals surface area contributed by atoms with Gasteiger partial charge in [-0.15, -0.1) is 24.9 Å². The molecule has 1 aliphatic carbocycles. The number of thioether (sulfide) groups is 1. The van der Waals surface area contributed by atoms with Crippen molar-refractivity contribution in [1.82, 2.24) is 14.7 Å². The number of amides is 3. The summed E-state index contributed by atoms with van der Waals surface area (Å²) in [5.74, 6) is -1.26. The first kappa shape index (κ1) is 33.3. The minimum atomic E-state index is -0.752. The predicted molar refractivity (Wildman–Crippen MR) is 180 cm³/mol.